The first-order valence-corrected chi connectivity index (χ1v) is 5.87. The number of aryl methyl sites for hydroxylation is 2. The molecular weight excluding hydrogens is 262 g/mol. The van der Waals surface area contributed by atoms with Gasteiger partial charge in [0, 0.05) is 24.9 Å². The number of anilines is 1. The molecule has 2 aromatic heterocycles. The summed E-state index contributed by atoms with van der Waals surface area (Å²) in [6, 6.07) is 0.599. The molecule has 2 heterocycles. The van der Waals surface area contributed by atoms with Gasteiger partial charge in [-0.15, -0.1) is 0 Å². The molecule has 2 N–H and O–H groups in total. The van der Waals surface area contributed by atoms with Gasteiger partial charge in [0.25, 0.3) is 0 Å². The molecule has 0 aliphatic heterocycles. The first-order chi connectivity index (χ1) is 9.49. The van der Waals surface area contributed by atoms with E-state index in [1.54, 1.807) is 30.9 Å². The van der Waals surface area contributed by atoms with Gasteiger partial charge in [0.15, 0.2) is 6.04 Å². The Labute approximate surface area is 115 Å². The lowest BCUT2D eigenvalue weighted by Crippen LogP contribution is -2.21. The fourth-order valence-corrected chi connectivity index (χ4v) is 1.74. The molecule has 2 aromatic rings. The van der Waals surface area contributed by atoms with Crippen molar-refractivity contribution in [2.75, 3.05) is 12.4 Å². The van der Waals surface area contributed by atoms with Crippen LogP contribution in [0.4, 0.5) is 5.82 Å². The summed E-state index contributed by atoms with van der Waals surface area (Å²) in [4.78, 5) is 19.6. The van der Waals surface area contributed by atoms with Crippen LogP contribution >= 0.6 is 0 Å². The van der Waals surface area contributed by atoms with Gasteiger partial charge in [-0.1, -0.05) is 0 Å². The van der Waals surface area contributed by atoms with Crippen molar-refractivity contribution in [2.45, 2.75) is 13.0 Å². The van der Waals surface area contributed by atoms with Gasteiger partial charge >= 0.3 is 5.97 Å². The van der Waals surface area contributed by atoms with E-state index in [1.165, 1.54) is 13.3 Å². The van der Waals surface area contributed by atoms with Crippen LogP contribution in [0.2, 0.25) is 0 Å². The molecule has 20 heavy (non-hydrogen) atoms. The molecule has 0 fully saturated rings. The monoisotopic (exact) mass is 277 g/mol. The van der Waals surface area contributed by atoms with Crippen LogP contribution in [-0.4, -0.2) is 37.9 Å². The molecular formula is C12H15N5O3. The number of carboxylic acid groups (broad SMARTS) is 1. The van der Waals surface area contributed by atoms with Crippen molar-refractivity contribution in [2.24, 2.45) is 7.05 Å². The summed E-state index contributed by atoms with van der Waals surface area (Å²) < 4.78 is 6.57. The molecule has 1 atom stereocenters. The average Bonchev–Trinajstić information content (AvgIpc) is 2.81. The Balaban J connectivity index is 2.29. The number of carbonyl (C=O) groups is 1. The molecule has 2 rings (SSSR count). The Morgan fingerprint density at radius 1 is 1.50 bits per heavy atom. The second kappa shape index (κ2) is 5.55. The fraction of sp³-hybridized carbons (Fsp3) is 0.333. The summed E-state index contributed by atoms with van der Waals surface area (Å²) in [6.07, 6.45) is 3.13. The highest BCUT2D eigenvalue weighted by atomic mass is 16.5. The van der Waals surface area contributed by atoms with Gasteiger partial charge in [-0.05, 0) is 6.92 Å². The van der Waals surface area contributed by atoms with Crippen molar-refractivity contribution < 1.29 is 14.6 Å². The first-order valence-electron chi connectivity index (χ1n) is 5.87. The highest BCUT2D eigenvalue weighted by Crippen LogP contribution is 2.20. The maximum atomic E-state index is 11.4. The van der Waals surface area contributed by atoms with Crippen LogP contribution in [0.25, 0.3) is 0 Å². The van der Waals surface area contributed by atoms with Gasteiger partial charge in [-0.2, -0.15) is 10.1 Å². The van der Waals surface area contributed by atoms with Crippen molar-refractivity contribution in [3.63, 3.8) is 0 Å². The Bertz CT molecular complexity index is 625. The third kappa shape index (κ3) is 3.02. The summed E-state index contributed by atoms with van der Waals surface area (Å²) in [5, 5.41) is 16.1. The van der Waals surface area contributed by atoms with Crippen molar-refractivity contribution in [3.8, 4) is 5.88 Å². The van der Waals surface area contributed by atoms with E-state index in [2.05, 4.69) is 20.4 Å². The van der Waals surface area contributed by atoms with Crippen LogP contribution in [-0.2, 0) is 11.8 Å². The number of aliphatic carboxylic acids is 1. The number of hydrogen-bond donors (Lipinski definition) is 2. The standard InChI is InChI=1S/C12H15N5O3/c1-7-14-9(4-10(15-7)20-3)16-11(12(18)19)8-5-13-17(2)6-8/h4-6,11H,1-3H3,(H,18,19)(H,14,15,16). The van der Waals surface area contributed by atoms with E-state index in [1.807, 2.05) is 0 Å². The van der Waals surface area contributed by atoms with E-state index >= 15 is 0 Å². The molecule has 0 radical (unpaired) electrons. The lowest BCUT2D eigenvalue weighted by atomic mass is 10.1. The number of carboxylic acids is 1. The Hall–Kier alpha value is -2.64. The van der Waals surface area contributed by atoms with Crippen LogP contribution in [0.15, 0.2) is 18.5 Å². The van der Waals surface area contributed by atoms with E-state index < -0.39 is 12.0 Å². The zero-order valence-electron chi connectivity index (χ0n) is 11.4. The van der Waals surface area contributed by atoms with E-state index in [0.29, 0.717) is 23.1 Å². The normalized spacial score (nSPS) is 11.9. The summed E-state index contributed by atoms with van der Waals surface area (Å²) in [6.45, 7) is 1.70. The molecule has 0 saturated carbocycles. The third-order valence-electron chi connectivity index (χ3n) is 2.62. The number of aromatic nitrogens is 4. The number of rotatable bonds is 5. The van der Waals surface area contributed by atoms with E-state index in [4.69, 9.17) is 4.74 Å². The Morgan fingerprint density at radius 3 is 2.80 bits per heavy atom. The minimum atomic E-state index is -1.02. The van der Waals surface area contributed by atoms with E-state index in [9.17, 15) is 9.90 Å². The maximum absolute atomic E-state index is 11.4. The molecule has 8 nitrogen and oxygen atoms in total. The zero-order chi connectivity index (χ0) is 14.7. The van der Waals surface area contributed by atoms with Gasteiger partial charge < -0.3 is 15.2 Å². The Kier molecular flexibility index (Phi) is 3.83. The quantitative estimate of drug-likeness (QED) is 0.831. The minimum Gasteiger partial charge on any atom is -0.481 e. The number of methoxy groups -OCH3 is 1. The summed E-state index contributed by atoms with van der Waals surface area (Å²) in [5.41, 5.74) is 0.537. The second-order valence-electron chi connectivity index (χ2n) is 4.21. The molecule has 0 spiro atoms. The summed E-state index contributed by atoms with van der Waals surface area (Å²) >= 11 is 0. The molecule has 106 valence electrons. The minimum absolute atomic E-state index is 0.371. The van der Waals surface area contributed by atoms with Crippen LogP contribution in [0, 0.1) is 6.92 Å². The van der Waals surface area contributed by atoms with Gasteiger partial charge in [-0.25, -0.2) is 9.78 Å². The summed E-state index contributed by atoms with van der Waals surface area (Å²) in [7, 11) is 3.21. The predicted octanol–water partition coefficient (Wildman–Crippen LogP) is 0.765. The molecule has 0 aliphatic rings. The molecule has 0 amide bonds. The SMILES string of the molecule is COc1cc(NC(C(=O)O)c2cnn(C)c2)nc(C)n1. The van der Waals surface area contributed by atoms with Crippen molar-refractivity contribution >= 4 is 11.8 Å². The lowest BCUT2D eigenvalue weighted by molar-refractivity contribution is -0.138. The molecule has 0 saturated heterocycles. The van der Waals surface area contributed by atoms with Crippen LogP contribution in [0.5, 0.6) is 5.88 Å². The average molecular weight is 277 g/mol. The smallest absolute Gasteiger partial charge is 0.330 e. The predicted molar refractivity (Wildman–Crippen MR) is 70.5 cm³/mol. The highest BCUT2D eigenvalue weighted by Gasteiger charge is 2.22. The third-order valence-corrected chi connectivity index (χ3v) is 2.62. The maximum Gasteiger partial charge on any atom is 0.330 e. The van der Waals surface area contributed by atoms with Gasteiger partial charge in [0.2, 0.25) is 5.88 Å². The van der Waals surface area contributed by atoms with Crippen molar-refractivity contribution in [1.82, 2.24) is 19.7 Å². The van der Waals surface area contributed by atoms with E-state index in [-0.39, 0.29) is 0 Å². The first kappa shape index (κ1) is 13.8. The number of ether oxygens (including phenoxy) is 1. The zero-order valence-corrected chi connectivity index (χ0v) is 11.4. The highest BCUT2D eigenvalue weighted by molar-refractivity contribution is 5.78. The van der Waals surface area contributed by atoms with Crippen LogP contribution in [0.3, 0.4) is 0 Å². The van der Waals surface area contributed by atoms with Gasteiger partial charge in [0.05, 0.1) is 13.3 Å². The molecule has 0 aliphatic carbocycles. The number of nitrogens with zero attached hydrogens (tertiary/aromatic N) is 4. The van der Waals surface area contributed by atoms with E-state index in [0.717, 1.165) is 0 Å². The largest absolute Gasteiger partial charge is 0.481 e. The van der Waals surface area contributed by atoms with Gasteiger partial charge in [0.1, 0.15) is 11.6 Å². The van der Waals surface area contributed by atoms with Gasteiger partial charge in [-0.3, -0.25) is 4.68 Å². The molecule has 0 bridgehead atoms. The van der Waals surface area contributed by atoms with Crippen LogP contribution < -0.4 is 10.1 Å². The van der Waals surface area contributed by atoms with Crippen molar-refractivity contribution in [1.29, 1.82) is 0 Å². The lowest BCUT2D eigenvalue weighted by Gasteiger charge is -2.14. The molecule has 1 unspecified atom stereocenters. The number of hydrogen-bond acceptors (Lipinski definition) is 6. The van der Waals surface area contributed by atoms with Crippen molar-refractivity contribution in [3.05, 3.63) is 29.8 Å². The number of nitrogens with one attached hydrogen (secondary N) is 1. The topological polar surface area (TPSA) is 102 Å². The van der Waals surface area contributed by atoms with Crippen LogP contribution in [0.1, 0.15) is 17.4 Å². The molecule has 8 heteroatoms. The fourth-order valence-electron chi connectivity index (χ4n) is 1.74. The Morgan fingerprint density at radius 2 is 2.25 bits per heavy atom. The summed E-state index contributed by atoms with van der Waals surface area (Å²) in [5.74, 6) is 0.219. The molecule has 0 aromatic carbocycles. The second-order valence-corrected chi connectivity index (χ2v) is 4.21.